The first kappa shape index (κ1) is 14.3. The van der Waals surface area contributed by atoms with Crippen LogP contribution in [0.1, 0.15) is 39.2 Å². The number of benzene rings is 1. The Balaban J connectivity index is 2.61. The van der Waals surface area contributed by atoms with Crippen molar-refractivity contribution in [2.24, 2.45) is 5.41 Å². The van der Waals surface area contributed by atoms with Gasteiger partial charge in [-0.3, -0.25) is 0 Å². The van der Waals surface area contributed by atoms with Crippen molar-refractivity contribution >= 4 is 27.5 Å². The van der Waals surface area contributed by atoms with Crippen LogP contribution in [0.15, 0.2) is 16.6 Å². The molecule has 0 aromatic heterocycles. The smallest absolute Gasteiger partial charge is 0.148 e. The predicted octanol–water partition coefficient (Wildman–Crippen LogP) is 4.87. The standard InChI is InChI=1S/C14H18BrClFN/c1-13(2,3)14(7-4-8-18-14)9-5-6-10(15)11(16)12(9)17/h5-6,18H,4,7-8H2,1-3H3. The summed E-state index contributed by atoms with van der Waals surface area (Å²) in [6, 6.07) is 3.67. The third-order valence-corrected chi connectivity index (χ3v) is 5.19. The maximum atomic E-state index is 14.5. The number of rotatable bonds is 1. The highest BCUT2D eigenvalue weighted by molar-refractivity contribution is 9.10. The molecule has 4 heteroatoms. The van der Waals surface area contributed by atoms with Crippen LogP contribution in [-0.4, -0.2) is 6.54 Å². The van der Waals surface area contributed by atoms with Crippen LogP contribution in [-0.2, 0) is 5.54 Å². The summed E-state index contributed by atoms with van der Waals surface area (Å²) < 4.78 is 15.1. The van der Waals surface area contributed by atoms with Crippen molar-refractivity contribution in [3.05, 3.63) is 33.0 Å². The zero-order chi connectivity index (χ0) is 13.6. The van der Waals surface area contributed by atoms with Crippen molar-refractivity contribution in [2.45, 2.75) is 39.2 Å². The van der Waals surface area contributed by atoms with Gasteiger partial charge in [-0.2, -0.15) is 0 Å². The second-order valence-electron chi connectivity index (χ2n) is 5.91. The summed E-state index contributed by atoms with van der Waals surface area (Å²) in [5, 5.41) is 3.67. The average molecular weight is 335 g/mol. The van der Waals surface area contributed by atoms with Gasteiger partial charge < -0.3 is 5.32 Å². The molecule has 1 fully saturated rings. The molecule has 18 heavy (non-hydrogen) atoms. The summed E-state index contributed by atoms with van der Waals surface area (Å²) in [5.41, 5.74) is 0.281. The number of halogens is 3. The fourth-order valence-corrected chi connectivity index (χ4v) is 3.34. The van der Waals surface area contributed by atoms with Crippen LogP contribution in [0.4, 0.5) is 4.39 Å². The zero-order valence-corrected chi connectivity index (χ0v) is 13.3. The van der Waals surface area contributed by atoms with Crippen molar-refractivity contribution < 1.29 is 4.39 Å². The molecule has 1 aromatic rings. The molecule has 1 unspecified atom stereocenters. The maximum Gasteiger partial charge on any atom is 0.148 e. The van der Waals surface area contributed by atoms with Gasteiger partial charge in [0.05, 0.1) is 10.6 Å². The Kier molecular flexibility index (Phi) is 3.79. The molecular formula is C14H18BrClFN. The lowest BCUT2D eigenvalue weighted by atomic mass is 9.68. The molecule has 100 valence electrons. The fraction of sp³-hybridized carbons (Fsp3) is 0.571. The maximum absolute atomic E-state index is 14.5. The molecule has 0 saturated carbocycles. The van der Waals surface area contributed by atoms with Gasteiger partial charge in [-0.25, -0.2) is 4.39 Å². The van der Waals surface area contributed by atoms with Crippen molar-refractivity contribution in [3.8, 4) is 0 Å². The first-order valence-corrected chi connectivity index (χ1v) is 7.36. The highest BCUT2D eigenvalue weighted by Crippen LogP contribution is 2.47. The lowest BCUT2D eigenvalue weighted by molar-refractivity contribution is 0.155. The number of hydrogen-bond acceptors (Lipinski definition) is 1. The Hall–Kier alpha value is -0.120. The van der Waals surface area contributed by atoms with Gasteiger partial charge >= 0.3 is 0 Å². The third-order valence-electron chi connectivity index (χ3n) is 3.93. The average Bonchev–Trinajstić information content (AvgIpc) is 2.75. The van der Waals surface area contributed by atoms with E-state index in [1.54, 1.807) is 0 Å². The van der Waals surface area contributed by atoms with Crippen LogP contribution in [0.2, 0.25) is 5.02 Å². The molecule has 1 aliphatic heterocycles. The topological polar surface area (TPSA) is 12.0 Å². The van der Waals surface area contributed by atoms with Crippen molar-refractivity contribution in [3.63, 3.8) is 0 Å². The van der Waals surface area contributed by atoms with Gasteiger partial charge in [0, 0.05) is 10.0 Å². The van der Waals surface area contributed by atoms with Gasteiger partial charge in [0.15, 0.2) is 0 Å². The van der Waals surface area contributed by atoms with E-state index in [0.29, 0.717) is 10.0 Å². The predicted molar refractivity (Wildman–Crippen MR) is 77.5 cm³/mol. The van der Waals surface area contributed by atoms with E-state index in [4.69, 9.17) is 11.6 Å². The summed E-state index contributed by atoms with van der Waals surface area (Å²) in [6.45, 7) is 7.34. The van der Waals surface area contributed by atoms with Gasteiger partial charge in [-0.1, -0.05) is 38.4 Å². The van der Waals surface area contributed by atoms with Gasteiger partial charge in [0.1, 0.15) is 5.82 Å². The largest absolute Gasteiger partial charge is 0.307 e. The van der Waals surface area contributed by atoms with Gasteiger partial charge in [0.25, 0.3) is 0 Å². The van der Waals surface area contributed by atoms with Crippen LogP contribution >= 0.6 is 27.5 Å². The van der Waals surface area contributed by atoms with E-state index in [9.17, 15) is 4.39 Å². The second kappa shape index (κ2) is 4.77. The summed E-state index contributed by atoms with van der Waals surface area (Å²) in [7, 11) is 0. The second-order valence-corrected chi connectivity index (χ2v) is 7.14. The summed E-state index contributed by atoms with van der Waals surface area (Å²) >= 11 is 9.29. The number of hydrogen-bond donors (Lipinski definition) is 1. The Morgan fingerprint density at radius 3 is 2.56 bits per heavy atom. The SMILES string of the molecule is CC(C)(C)C1(c2ccc(Br)c(Cl)c2F)CCCN1. The molecule has 1 N–H and O–H groups in total. The van der Waals surface area contributed by atoms with Gasteiger partial charge in [0.2, 0.25) is 0 Å². The normalized spacial score (nSPS) is 24.6. The summed E-state index contributed by atoms with van der Waals surface area (Å²) in [5.74, 6) is -0.310. The summed E-state index contributed by atoms with van der Waals surface area (Å²) in [4.78, 5) is 0. The molecule has 2 rings (SSSR count). The zero-order valence-electron chi connectivity index (χ0n) is 10.9. The molecule has 1 atom stereocenters. The van der Waals surface area contributed by atoms with Gasteiger partial charge in [-0.05, 0) is 46.8 Å². The molecule has 0 bridgehead atoms. The molecule has 0 amide bonds. The third kappa shape index (κ3) is 2.10. The van der Waals surface area contributed by atoms with E-state index in [-0.39, 0.29) is 21.8 Å². The highest BCUT2D eigenvalue weighted by Gasteiger charge is 2.47. The van der Waals surface area contributed by atoms with Crippen molar-refractivity contribution in [1.82, 2.24) is 5.32 Å². The van der Waals surface area contributed by atoms with E-state index in [1.165, 1.54) is 0 Å². The quantitative estimate of drug-likeness (QED) is 0.723. The van der Waals surface area contributed by atoms with Crippen molar-refractivity contribution in [2.75, 3.05) is 6.54 Å². The first-order valence-electron chi connectivity index (χ1n) is 6.18. The minimum atomic E-state index is -0.332. The molecule has 1 nitrogen and oxygen atoms in total. The summed E-state index contributed by atoms with van der Waals surface area (Å²) in [6.07, 6.45) is 2.00. The lowest BCUT2D eigenvalue weighted by Gasteiger charge is -2.43. The highest BCUT2D eigenvalue weighted by atomic mass is 79.9. The van der Waals surface area contributed by atoms with E-state index in [2.05, 4.69) is 42.0 Å². The molecule has 0 spiro atoms. The molecule has 1 heterocycles. The number of nitrogens with one attached hydrogen (secondary N) is 1. The molecular weight excluding hydrogens is 317 g/mol. The Morgan fingerprint density at radius 2 is 2.06 bits per heavy atom. The first-order chi connectivity index (χ1) is 8.29. The minimum Gasteiger partial charge on any atom is -0.307 e. The van der Waals surface area contributed by atoms with E-state index < -0.39 is 0 Å². The lowest BCUT2D eigenvalue weighted by Crippen LogP contribution is -2.48. The Labute approximate surface area is 121 Å². The Morgan fingerprint density at radius 1 is 1.39 bits per heavy atom. The van der Waals surface area contributed by atoms with E-state index in [1.807, 2.05) is 12.1 Å². The molecule has 1 aliphatic rings. The Bertz CT molecular complexity index is 462. The molecule has 0 radical (unpaired) electrons. The van der Waals surface area contributed by atoms with Crippen LogP contribution in [0.3, 0.4) is 0 Å². The van der Waals surface area contributed by atoms with E-state index >= 15 is 0 Å². The monoisotopic (exact) mass is 333 g/mol. The fourth-order valence-electron chi connectivity index (χ4n) is 2.87. The molecule has 1 saturated heterocycles. The minimum absolute atomic E-state index is 0.0680. The van der Waals surface area contributed by atoms with E-state index in [0.717, 1.165) is 19.4 Å². The van der Waals surface area contributed by atoms with Gasteiger partial charge in [-0.15, -0.1) is 0 Å². The molecule has 0 aliphatic carbocycles. The van der Waals surface area contributed by atoms with Crippen LogP contribution in [0.5, 0.6) is 0 Å². The van der Waals surface area contributed by atoms with Crippen LogP contribution in [0, 0.1) is 11.2 Å². The van der Waals surface area contributed by atoms with Crippen LogP contribution in [0.25, 0.3) is 0 Å². The van der Waals surface area contributed by atoms with Crippen LogP contribution < -0.4 is 5.32 Å². The van der Waals surface area contributed by atoms with Crippen molar-refractivity contribution in [1.29, 1.82) is 0 Å². The molecule has 1 aromatic carbocycles.